The Labute approximate surface area is 140 Å². The second-order valence-corrected chi connectivity index (χ2v) is 6.10. The van der Waals surface area contributed by atoms with Gasteiger partial charge in [-0.3, -0.25) is 9.59 Å². The molecular formula is C15H12ClNO5S. The van der Waals surface area contributed by atoms with Crippen LogP contribution in [0.3, 0.4) is 0 Å². The van der Waals surface area contributed by atoms with Crippen molar-refractivity contribution in [2.75, 3.05) is 13.2 Å². The molecule has 0 aliphatic carbocycles. The van der Waals surface area contributed by atoms with Crippen molar-refractivity contribution in [3.05, 3.63) is 51.2 Å². The normalized spacial score (nSPS) is 10.1. The van der Waals surface area contributed by atoms with Crippen LogP contribution in [0.4, 0.5) is 0 Å². The molecule has 0 spiro atoms. The van der Waals surface area contributed by atoms with Crippen LogP contribution in [0.5, 0.6) is 5.75 Å². The van der Waals surface area contributed by atoms with Gasteiger partial charge in [0.1, 0.15) is 5.75 Å². The number of carbonyl (C=O) groups is 3. The first-order valence-electron chi connectivity index (χ1n) is 6.42. The molecule has 0 saturated carbocycles. The van der Waals surface area contributed by atoms with Crippen LogP contribution in [-0.2, 0) is 9.53 Å². The van der Waals surface area contributed by atoms with Gasteiger partial charge < -0.3 is 15.2 Å². The number of nitrogens with two attached hydrogens (primary N) is 1. The number of ether oxygens (including phenoxy) is 2. The van der Waals surface area contributed by atoms with Gasteiger partial charge in [-0.1, -0.05) is 11.6 Å². The second-order valence-electron chi connectivity index (χ2n) is 4.38. The van der Waals surface area contributed by atoms with Gasteiger partial charge in [0.25, 0.3) is 5.91 Å². The highest BCUT2D eigenvalue weighted by atomic mass is 35.5. The fraction of sp³-hybridized carbons (Fsp3) is 0.133. The van der Waals surface area contributed by atoms with Crippen molar-refractivity contribution in [3.8, 4) is 5.75 Å². The molecule has 120 valence electrons. The third kappa shape index (κ3) is 5.08. The lowest BCUT2D eigenvalue weighted by Gasteiger charge is -2.06. The summed E-state index contributed by atoms with van der Waals surface area (Å²) in [5.41, 5.74) is 5.22. The number of Topliss-reactive ketones (excluding diaryl/α,β-unsaturated/α-hetero) is 1. The minimum absolute atomic E-state index is 0.248. The van der Waals surface area contributed by atoms with E-state index < -0.39 is 11.9 Å². The van der Waals surface area contributed by atoms with Crippen molar-refractivity contribution in [1.82, 2.24) is 0 Å². The number of primary amides is 1. The number of halogens is 1. The molecule has 2 aromatic rings. The molecule has 0 aliphatic rings. The van der Waals surface area contributed by atoms with E-state index in [-0.39, 0.29) is 24.6 Å². The van der Waals surface area contributed by atoms with Gasteiger partial charge in [0.2, 0.25) is 5.78 Å². The minimum Gasteiger partial charge on any atom is -0.484 e. The van der Waals surface area contributed by atoms with Crippen LogP contribution >= 0.6 is 22.9 Å². The minimum atomic E-state index is -0.637. The highest BCUT2D eigenvalue weighted by Crippen LogP contribution is 2.22. The summed E-state index contributed by atoms with van der Waals surface area (Å²) in [6.07, 6.45) is 0. The van der Waals surface area contributed by atoms with Crippen molar-refractivity contribution in [1.29, 1.82) is 0 Å². The molecule has 1 amide bonds. The Morgan fingerprint density at radius 2 is 1.74 bits per heavy atom. The average Bonchev–Trinajstić information content (AvgIpc) is 2.97. The molecule has 1 aromatic carbocycles. The summed E-state index contributed by atoms with van der Waals surface area (Å²) in [6, 6.07) is 9.11. The van der Waals surface area contributed by atoms with E-state index in [1.807, 2.05) is 0 Å². The van der Waals surface area contributed by atoms with Crippen LogP contribution in [0.2, 0.25) is 4.34 Å². The molecule has 0 radical (unpaired) electrons. The fourth-order valence-electron chi connectivity index (χ4n) is 1.59. The Kier molecular flexibility index (Phi) is 5.72. The summed E-state index contributed by atoms with van der Waals surface area (Å²) in [4.78, 5) is 34.7. The highest BCUT2D eigenvalue weighted by molar-refractivity contribution is 7.18. The molecule has 2 rings (SSSR count). The molecule has 23 heavy (non-hydrogen) atoms. The lowest BCUT2D eigenvalue weighted by atomic mass is 10.2. The first-order chi connectivity index (χ1) is 11.0. The maximum absolute atomic E-state index is 11.9. The monoisotopic (exact) mass is 353 g/mol. The number of amides is 1. The Morgan fingerprint density at radius 3 is 2.30 bits per heavy atom. The van der Waals surface area contributed by atoms with Crippen molar-refractivity contribution in [2.24, 2.45) is 5.73 Å². The first-order valence-corrected chi connectivity index (χ1v) is 7.62. The summed E-state index contributed by atoms with van der Waals surface area (Å²) in [6.45, 7) is -0.614. The van der Waals surface area contributed by atoms with Crippen molar-refractivity contribution in [3.63, 3.8) is 0 Å². The quantitative estimate of drug-likeness (QED) is 0.608. The van der Waals surface area contributed by atoms with E-state index in [0.29, 0.717) is 15.0 Å². The van der Waals surface area contributed by atoms with E-state index in [0.717, 1.165) is 11.3 Å². The van der Waals surface area contributed by atoms with Crippen molar-refractivity contribution < 1.29 is 23.9 Å². The van der Waals surface area contributed by atoms with Gasteiger partial charge in [-0.05, 0) is 36.4 Å². The third-order valence-electron chi connectivity index (χ3n) is 2.65. The smallest absolute Gasteiger partial charge is 0.338 e. The molecule has 0 fully saturated rings. The summed E-state index contributed by atoms with van der Waals surface area (Å²) in [5.74, 6) is -1.16. The lowest BCUT2D eigenvalue weighted by Crippen LogP contribution is -2.20. The van der Waals surface area contributed by atoms with Crippen LogP contribution in [0, 0.1) is 0 Å². The number of ketones is 1. The molecule has 0 atom stereocenters. The average molecular weight is 354 g/mol. The van der Waals surface area contributed by atoms with Crippen LogP contribution in [-0.4, -0.2) is 30.9 Å². The van der Waals surface area contributed by atoms with E-state index in [1.165, 1.54) is 24.3 Å². The predicted molar refractivity (Wildman–Crippen MR) is 85.1 cm³/mol. The van der Waals surface area contributed by atoms with Crippen molar-refractivity contribution >= 4 is 40.6 Å². The number of hydrogen-bond acceptors (Lipinski definition) is 6. The SMILES string of the molecule is NC(=O)COc1ccc(C(=O)OCC(=O)c2ccc(Cl)s2)cc1. The molecular weight excluding hydrogens is 342 g/mol. The predicted octanol–water partition coefficient (Wildman–Crippen LogP) is 2.31. The summed E-state index contributed by atoms with van der Waals surface area (Å²) < 4.78 is 10.5. The summed E-state index contributed by atoms with van der Waals surface area (Å²) in [5, 5.41) is 0. The van der Waals surface area contributed by atoms with E-state index in [4.69, 9.17) is 26.8 Å². The van der Waals surface area contributed by atoms with Crippen LogP contribution < -0.4 is 10.5 Å². The van der Waals surface area contributed by atoms with Crippen LogP contribution in [0.15, 0.2) is 36.4 Å². The Morgan fingerprint density at radius 1 is 1.04 bits per heavy atom. The molecule has 8 heteroatoms. The number of esters is 1. The number of hydrogen-bond donors (Lipinski definition) is 1. The molecule has 1 heterocycles. The molecule has 0 bridgehead atoms. The maximum Gasteiger partial charge on any atom is 0.338 e. The van der Waals surface area contributed by atoms with E-state index >= 15 is 0 Å². The topological polar surface area (TPSA) is 95.7 Å². The fourth-order valence-corrected chi connectivity index (χ4v) is 2.56. The first kappa shape index (κ1) is 17.0. The van der Waals surface area contributed by atoms with Gasteiger partial charge in [-0.25, -0.2) is 4.79 Å². The van der Waals surface area contributed by atoms with Crippen molar-refractivity contribution in [2.45, 2.75) is 0 Å². The molecule has 2 N–H and O–H groups in total. The van der Waals surface area contributed by atoms with Gasteiger partial charge in [-0.2, -0.15) is 0 Å². The van der Waals surface area contributed by atoms with Gasteiger partial charge in [0.05, 0.1) is 14.8 Å². The van der Waals surface area contributed by atoms with Gasteiger partial charge in [0, 0.05) is 0 Å². The number of rotatable bonds is 7. The molecule has 0 unspecified atom stereocenters. The van der Waals surface area contributed by atoms with Gasteiger partial charge in [0.15, 0.2) is 13.2 Å². The number of thiophene rings is 1. The number of benzene rings is 1. The lowest BCUT2D eigenvalue weighted by molar-refractivity contribution is -0.119. The molecule has 6 nitrogen and oxygen atoms in total. The van der Waals surface area contributed by atoms with E-state index in [1.54, 1.807) is 12.1 Å². The van der Waals surface area contributed by atoms with Crippen LogP contribution in [0.1, 0.15) is 20.0 Å². The zero-order valence-electron chi connectivity index (χ0n) is 11.8. The molecule has 0 aliphatic heterocycles. The van der Waals surface area contributed by atoms with E-state index in [2.05, 4.69) is 0 Å². The Bertz CT molecular complexity index is 726. The Balaban J connectivity index is 1.88. The Hall–Kier alpha value is -2.38. The number of carbonyl (C=O) groups excluding carboxylic acids is 3. The van der Waals surface area contributed by atoms with Crippen LogP contribution in [0.25, 0.3) is 0 Å². The zero-order chi connectivity index (χ0) is 16.8. The van der Waals surface area contributed by atoms with E-state index in [9.17, 15) is 14.4 Å². The highest BCUT2D eigenvalue weighted by Gasteiger charge is 2.13. The van der Waals surface area contributed by atoms with Gasteiger partial charge >= 0.3 is 5.97 Å². The second kappa shape index (κ2) is 7.75. The summed E-state index contributed by atoms with van der Waals surface area (Å²) in [7, 11) is 0. The maximum atomic E-state index is 11.9. The third-order valence-corrected chi connectivity index (χ3v) is 3.93. The standard InChI is InChI=1S/C15H12ClNO5S/c16-13-6-5-12(23-13)11(18)7-22-15(20)9-1-3-10(4-2-9)21-8-14(17)19/h1-6H,7-8H2,(H2,17,19). The molecule has 1 aromatic heterocycles. The largest absolute Gasteiger partial charge is 0.484 e. The zero-order valence-corrected chi connectivity index (χ0v) is 13.4. The van der Waals surface area contributed by atoms with Gasteiger partial charge in [-0.15, -0.1) is 11.3 Å². The molecule has 0 saturated heterocycles. The summed E-state index contributed by atoms with van der Waals surface area (Å²) >= 11 is 6.86.